The van der Waals surface area contributed by atoms with E-state index in [1.54, 1.807) is 6.92 Å². The van der Waals surface area contributed by atoms with Crippen LogP contribution >= 0.6 is 0 Å². The van der Waals surface area contributed by atoms with Gasteiger partial charge in [-0.3, -0.25) is 9.59 Å². The molecule has 4 aliphatic carbocycles. The van der Waals surface area contributed by atoms with Crippen LogP contribution in [0.2, 0.25) is 0 Å². The van der Waals surface area contributed by atoms with E-state index < -0.39 is 0 Å². The van der Waals surface area contributed by atoms with E-state index in [9.17, 15) is 9.59 Å². The highest BCUT2D eigenvalue weighted by atomic mass is 16.1. The van der Waals surface area contributed by atoms with Crippen molar-refractivity contribution in [2.45, 2.75) is 65.7 Å². The van der Waals surface area contributed by atoms with E-state index in [1.807, 2.05) is 6.08 Å². The third kappa shape index (κ3) is 2.17. The topological polar surface area (TPSA) is 34.1 Å². The second-order valence-corrected chi connectivity index (χ2v) is 9.54. The molecule has 3 saturated carbocycles. The molecule has 0 aromatic rings. The van der Waals surface area contributed by atoms with Crippen molar-refractivity contribution in [1.82, 2.24) is 0 Å². The second kappa shape index (κ2) is 5.57. The van der Waals surface area contributed by atoms with Crippen LogP contribution in [0.25, 0.3) is 0 Å². The van der Waals surface area contributed by atoms with Gasteiger partial charge >= 0.3 is 0 Å². The minimum absolute atomic E-state index is 0.0127. The summed E-state index contributed by atoms with van der Waals surface area (Å²) in [7, 11) is 0. The minimum atomic E-state index is -0.0127. The van der Waals surface area contributed by atoms with Crippen LogP contribution < -0.4 is 0 Å². The molecule has 2 nitrogen and oxygen atoms in total. The molecule has 2 heteroatoms. The number of hydrogen-bond donors (Lipinski definition) is 0. The number of Topliss-reactive ketones (excluding diaryl/α,β-unsaturated/α-hetero) is 1. The molecule has 0 amide bonds. The van der Waals surface area contributed by atoms with Crippen molar-refractivity contribution in [3.05, 3.63) is 11.6 Å². The van der Waals surface area contributed by atoms with E-state index in [4.69, 9.17) is 6.42 Å². The van der Waals surface area contributed by atoms with Crippen molar-refractivity contribution in [1.29, 1.82) is 0 Å². The zero-order valence-corrected chi connectivity index (χ0v) is 15.8. The van der Waals surface area contributed by atoms with Crippen LogP contribution in [0.3, 0.4) is 0 Å². The van der Waals surface area contributed by atoms with Gasteiger partial charge in [-0.1, -0.05) is 19.4 Å². The number of terminal acetylenes is 1. The number of carbonyl (C=O) groups excluding carboxylic acids is 2. The number of ketones is 2. The Bertz CT molecular complexity index is 695. The number of carbonyl (C=O) groups is 2. The molecule has 0 bridgehead atoms. The van der Waals surface area contributed by atoms with Gasteiger partial charge < -0.3 is 0 Å². The number of fused-ring (bicyclic) bond motifs is 5. The maximum Gasteiger partial charge on any atom is 0.156 e. The van der Waals surface area contributed by atoms with E-state index >= 15 is 0 Å². The van der Waals surface area contributed by atoms with Gasteiger partial charge in [0.05, 0.1) is 0 Å². The summed E-state index contributed by atoms with van der Waals surface area (Å²) in [4.78, 5) is 24.4. The third-order valence-corrected chi connectivity index (χ3v) is 8.80. The van der Waals surface area contributed by atoms with Crippen molar-refractivity contribution < 1.29 is 9.59 Å². The van der Waals surface area contributed by atoms with Crippen LogP contribution in [-0.2, 0) is 9.59 Å². The molecule has 3 fully saturated rings. The molecule has 0 aliphatic heterocycles. The van der Waals surface area contributed by atoms with Gasteiger partial charge in [0.25, 0.3) is 0 Å². The quantitative estimate of drug-likeness (QED) is 0.656. The lowest BCUT2D eigenvalue weighted by molar-refractivity contribution is -0.129. The molecular formula is C23H30O2. The second-order valence-electron chi connectivity index (χ2n) is 9.54. The highest BCUT2D eigenvalue weighted by Crippen LogP contribution is 2.67. The van der Waals surface area contributed by atoms with Crippen molar-refractivity contribution in [3.8, 4) is 12.3 Å². The van der Waals surface area contributed by atoms with E-state index in [1.165, 1.54) is 18.4 Å². The lowest BCUT2D eigenvalue weighted by Gasteiger charge is -2.59. The van der Waals surface area contributed by atoms with Gasteiger partial charge in [0.2, 0.25) is 0 Å². The lowest BCUT2D eigenvalue weighted by Crippen LogP contribution is -2.53. The Kier molecular flexibility index (Phi) is 3.80. The monoisotopic (exact) mass is 338 g/mol. The summed E-state index contributed by atoms with van der Waals surface area (Å²) in [6.07, 6.45) is 15.1. The molecule has 0 radical (unpaired) electrons. The highest BCUT2D eigenvalue weighted by Gasteiger charge is 2.61. The SMILES string of the molecule is C#CC1CC(=O)C=C2CC[C@H]3[C@@H]4CC[C@H](C(C)=O)[C@@]4(C)CC[C@@H]3[C@]21C. The third-order valence-electron chi connectivity index (χ3n) is 8.80. The van der Waals surface area contributed by atoms with E-state index in [-0.39, 0.29) is 28.4 Å². The summed E-state index contributed by atoms with van der Waals surface area (Å²) >= 11 is 0. The minimum Gasteiger partial charge on any atom is -0.300 e. The number of rotatable bonds is 1. The van der Waals surface area contributed by atoms with Crippen LogP contribution in [0.4, 0.5) is 0 Å². The Labute approximate surface area is 151 Å². The Morgan fingerprint density at radius 2 is 1.96 bits per heavy atom. The molecule has 25 heavy (non-hydrogen) atoms. The molecule has 0 aromatic carbocycles. The molecule has 0 aromatic heterocycles. The molecular weight excluding hydrogens is 308 g/mol. The van der Waals surface area contributed by atoms with Gasteiger partial charge in [-0.05, 0) is 74.7 Å². The maximum absolute atomic E-state index is 12.2. The average Bonchev–Trinajstić information content (AvgIpc) is 2.92. The van der Waals surface area contributed by atoms with Gasteiger partial charge in [0.1, 0.15) is 5.78 Å². The Hall–Kier alpha value is -1.36. The molecule has 1 unspecified atom stereocenters. The zero-order valence-electron chi connectivity index (χ0n) is 15.8. The Morgan fingerprint density at radius 3 is 2.64 bits per heavy atom. The summed E-state index contributed by atoms with van der Waals surface area (Å²) < 4.78 is 0. The molecule has 0 saturated heterocycles. The summed E-state index contributed by atoms with van der Waals surface area (Å²) in [6.45, 7) is 6.50. The molecule has 134 valence electrons. The van der Waals surface area contributed by atoms with Crippen LogP contribution in [-0.4, -0.2) is 11.6 Å². The predicted octanol–water partition coefficient (Wildman–Crippen LogP) is 4.58. The summed E-state index contributed by atoms with van der Waals surface area (Å²) in [6, 6.07) is 0. The first-order chi connectivity index (χ1) is 11.8. The average molecular weight is 338 g/mol. The van der Waals surface area contributed by atoms with Crippen LogP contribution in [0.5, 0.6) is 0 Å². The summed E-state index contributed by atoms with van der Waals surface area (Å²) in [5.74, 6) is 5.76. The normalized spacial score (nSPS) is 48.6. The first kappa shape index (κ1) is 17.1. The first-order valence-corrected chi connectivity index (χ1v) is 10.0. The van der Waals surface area contributed by atoms with Crippen molar-refractivity contribution in [2.75, 3.05) is 0 Å². The van der Waals surface area contributed by atoms with Crippen LogP contribution in [0.1, 0.15) is 65.7 Å². The Balaban J connectivity index is 1.72. The molecule has 0 spiro atoms. The zero-order chi connectivity index (χ0) is 18.0. The van der Waals surface area contributed by atoms with E-state index in [2.05, 4.69) is 19.8 Å². The molecule has 4 aliphatic rings. The van der Waals surface area contributed by atoms with Gasteiger partial charge in [0, 0.05) is 23.7 Å². The first-order valence-electron chi connectivity index (χ1n) is 10.0. The fourth-order valence-electron chi connectivity index (χ4n) is 7.54. The fraction of sp³-hybridized carbons (Fsp3) is 0.739. The number of hydrogen-bond acceptors (Lipinski definition) is 2. The molecule has 7 atom stereocenters. The van der Waals surface area contributed by atoms with Crippen LogP contribution in [0, 0.1) is 52.8 Å². The summed E-state index contributed by atoms with van der Waals surface area (Å²) in [5.41, 5.74) is 1.49. The van der Waals surface area contributed by atoms with Gasteiger partial charge in [-0.15, -0.1) is 12.3 Å². The highest BCUT2D eigenvalue weighted by molar-refractivity contribution is 5.92. The van der Waals surface area contributed by atoms with Crippen molar-refractivity contribution in [2.24, 2.45) is 40.4 Å². The maximum atomic E-state index is 12.2. The van der Waals surface area contributed by atoms with Crippen LogP contribution in [0.15, 0.2) is 11.6 Å². The van der Waals surface area contributed by atoms with E-state index in [0.29, 0.717) is 30.0 Å². The molecule has 0 N–H and O–H groups in total. The standard InChI is InChI=1S/C23H30O2/c1-5-15-12-17(25)13-16-6-7-18-20-9-8-19(14(2)24)22(20,3)11-10-21(18)23(15,16)4/h1,13,15,18-21H,6-12H2,2-4H3/t15?,18-,19+,20-,21-,22+,23-/m0/s1. The molecule has 0 heterocycles. The van der Waals surface area contributed by atoms with Gasteiger partial charge in [-0.2, -0.15) is 0 Å². The Morgan fingerprint density at radius 1 is 1.20 bits per heavy atom. The lowest BCUT2D eigenvalue weighted by atomic mass is 9.45. The van der Waals surface area contributed by atoms with Crippen molar-refractivity contribution in [3.63, 3.8) is 0 Å². The smallest absolute Gasteiger partial charge is 0.156 e. The number of allylic oxidation sites excluding steroid dienone is 1. The van der Waals surface area contributed by atoms with Gasteiger partial charge in [0.15, 0.2) is 5.78 Å². The fourth-order valence-corrected chi connectivity index (χ4v) is 7.54. The molecule has 4 rings (SSSR count). The van der Waals surface area contributed by atoms with E-state index in [0.717, 1.165) is 25.7 Å². The predicted molar refractivity (Wildman–Crippen MR) is 98.6 cm³/mol. The van der Waals surface area contributed by atoms with Crippen molar-refractivity contribution >= 4 is 11.6 Å². The summed E-state index contributed by atoms with van der Waals surface area (Å²) in [5, 5.41) is 0. The largest absolute Gasteiger partial charge is 0.300 e. The van der Waals surface area contributed by atoms with Gasteiger partial charge in [-0.25, -0.2) is 0 Å².